The molecular formula is C17H34N6O. The third-order valence-electron chi connectivity index (χ3n) is 3.57. The number of carbonyl (C=O) groups is 1. The minimum atomic E-state index is -0.258. The van der Waals surface area contributed by atoms with Crippen molar-refractivity contribution in [3.63, 3.8) is 0 Å². The molecule has 0 aliphatic rings. The summed E-state index contributed by atoms with van der Waals surface area (Å²) in [5, 5.41) is 10.4. The molecule has 24 heavy (non-hydrogen) atoms. The molecular weight excluding hydrogens is 304 g/mol. The standard InChI is InChI=1S/C17H34N6O/c1-16(2,3)13-12(14(18)23(21-13)17(4,5)6)20-15(24)19-10-9-11-22(7)8/h9-11,18H2,1-8H3,(H2,19,20,24). The lowest BCUT2D eigenvalue weighted by molar-refractivity contribution is 0.251. The molecule has 0 radical (unpaired) electrons. The molecule has 7 heteroatoms. The molecule has 0 aliphatic carbocycles. The summed E-state index contributed by atoms with van der Waals surface area (Å²) in [6.07, 6.45) is 0.892. The van der Waals surface area contributed by atoms with E-state index in [4.69, 9.17) is 5.73 Å². The number of amides is 2. The van der Waals surface area contributed by atoms with Crippen molar-refractivity contribution in [1.29, 1.82) is 0 Å². The number of carbonyl (C=O) groups excluding carboxylic acids is 1. The van der Waals surface area contributed by atoms with Gasteiger partial charge in [0.1, 0.15) is 11.5 Å². The van der Waals surface area contributed by atoms with Crippen LogP contribution in [0.25, 0.3) is 0 Å². The first-order valence-corrected chi connectivity index (χ1v) is 8.43. The van der Waals surface area contributed by atoms with Crippen LogP contribution >= 0.6 is 0 Å². The van der Waals surface area contributed by atoms with Crippen LogP contribution in [0.15, 0.2) is 0 Å². The van der Waals surface area contributed by atoms with Gasteiger partial charge in [-0.3, -0.25) is 0 Å². The fraction of sp³-hybridized carbons (Fsp3) is 0.765. The molecule has 4 N–H and O–H groups in total. The Balaban J connectivity index is 2.93. The van der Waals surface area contributed by atoms with Crippen LogP contribution in [0.4, 0.5) is 16.3 Å². The number of rotatable bonds is 5. The fourth-order valence-corrected chi connectivity index (χ4v) is 2.35. The van der Waals surface area contributed by atoms with Crippen molar-refractivity contribution in [3.05, 3.63) is 5.69 Å². The summed E-state index contributed by atoms with van der Waals surface area (Å²) in [7, 11) is 4.02. The molecule has 1 aromatic heterocycles. The van der Waals surface area contributed by atoms with Gasteiger partial charge in [0.2, 0.25) is 0 Å². The zero-order valence-corrected chi connectivity index (χ0v) is 16.4. The van der Waals surface area contributed by atoms with E-state index >= 15 is 0 Å². The van der Waals surface area contributed by atoms with Crippen LogP contribution in [0.5, 0.6) is 0 Å². The Morgan fingerprint density at radius 1 is 1.21 bits per heavy atom. The van der Waals surface area contributed by atoms with Gasteiger partial charge in [0, 0.05) is 12.0 Å². The van der Waals surface area contributed by atoms with Crippen molar-refractivity contribution >= 4 is 17.5 Å². The van der Waals surface area contributed by atoms with E-state index in [1.54, 1.807) is 4.68 Å². The summed E-state index contributed by atoms with van der Waals surface area (Å²) in [4.78, 5) is 14.3. The Bertz CT molecular complexity index is 563. The van der Waals surface area contributed by atoms with Crippen LogP contribution in [-0.2, 0) is 11.0 Å². The van der Waals surface area contributed by atoms with Crippen molar-refractivity contribution in [1.82, 2.24) is 20.0 Å². The van der Waals surface area contributed by atoms with Crippen molar-refractivity contribution in [2.24, 2.45) is 0 Å². The van der Waals surface area contributed by atoms with Gasteiger partial charge in [-0.2, -0.15) is 5.10 Å². The maximum atomic E-state index is 12.2. The van der Waals surface area contributed by atoms with E-state index in [1.165, 1.54) is 0 Å². The van der Waals surface area contributed by atoms with Crippen molar-refractivity contribution in [2.75, 3.05) is 38.2 Å². The summed E-state index contributed by atoms with van der Waals surface area (Å²) in [6.45, 7) is 13.8. The van der Waals surface area contributed by atoms with E-state index in [-0.39, 0.29) is 17.0 Å². The maximum absolute atomic E-state index is 12.2. The molecule has 0 bridgehead atoms. The molecule has 7 nitrogen and oxygen atoms in total. The van der Waals surface area contributed by atoms with Crippen LogP contribution in [0, 0.1) is 0 Å². The monoisotopic (exact) mass is 338 g/mol. The van der Waals surface area contributed by atoms with Crippen LogP contribution in [-0.4, -0.2) is 47.9 Å². The average Bonchev–Trinajstić information content (AvgIpc) is 2.72. The minimum absolute atomic E-state index is 0.224. The van der Waals surface area contributed by atoms with E-state index in [2.05, 4.69) is 41.4 Å². The number of nitrogens with two attached hydrogens (primary N) is 1. The summed E-state index contributed by atoms with van der Waals surface area (Å²) < 4.78 is 1.77. The Kier molecular flexibility index (Phi) is 6.27. The summed E-state index contributed by atoms with van der Waals surface area (Å²) in [5.41, 5.74) is 7.19. The van der Waals surface area contributed by atoms with Gasteiger partial charge >= 0.3 is 6.03 Å². The molecule has 0 aliphatic heterocycles. The number of nitrogen functional groups attached to an aromatic ring is 1. The first kappa shape index (κ1) is 20.3. The third-order valence-corrected chi connectivity index (χ3v) is 3.57. The Labute approximate surface area is 146 Å². The number of nitrogens with zero attached hydrogens (tertiary/aromatic N) is 3. The lowest BCUT2D eigenvalue weighted by Gasteiger charge is -2.21. The van der Waals surface area contributed by atoms with Gasteiger partial charge in [0.25, 0.3) is 0 Å². The van der Waals surface area contributed by atoms with Gasteiger partial charge in [-0.25, -0.2) is 9.48 Å². The molecule has 0 atom stereocenters. The first-order valence-electron chi connectivity index (χ1n) is 8.43. The topological polar surface area (TPSA) is 88.2 Å². The predicted molar refractivity (Wildman–Crippen MR) is 101 cm³/mol. The fourth-order valence-electron chi connectivity index (χ4n) is 2.35. The first-order chi connectivity index (χ1) is 10.8. The number of urea groups is 1. The molecule has 1 rings (SSSR count). The van der Waals surface area contributed by atoms with Crippen molar-refractivity contribution in [2.45, 2.75) is 58.9 Å². The van der Waals surface area contributed by atoms with E-state index in [9.17, 15) is 4.79 Å². The second kappa shape index (κ2) is 7.42. The van der Waals surface area contributed by atoms with Gasteiger partial charge in [-0.1, -0.05) is 20.8 Å². The molecule has 1 aromatic rings. The molecule has 0 saturated heterocycles. The Morgan fingerprint density at radius 3 is 2.25 bits per heavy atom. The van der Waals surface area contributed by atoms with E-state index in [0.717, 1.165) is 18.7 Å². The van der Waals surface area contributed by atoms with Gasteiger partial charge in [0.05, 0.1) is 11.2 Å². The predicted octanol–water partition coefficient (Wildman–Crippen LogP) is 2.59. The zero-order chi connectivity index (χ0) is 18.7. The summed E-state index contributed by atoms with van der Waals surface area (Å²) in [5.74, 6) is 0.482. The second-order valence-electron chi connectivity index (χ2n) is 8.48. The van der Waals surface area contributed by atoms with Crippen LogP contribution in [0.2, 0.25) is 0 Å². The Morgan fingerprint density at radius 2 is 1.79 bits per heavy atom. The Hall–Kier alpha value is -1.76. The van der Waals surface area contributed by atoms with Crippen LogP contribution < -0.4 is 16.4 Å². The molecule has 138 valence electrons. The number of aromatic nitrogens is 2. The van der Waals surface area contributed by atoms with Gasteiger partial charge in [0.15, 0.2) is 0 Å². The highest BCUT2D eigenvalue weighted by atomic mass is 16.2. The quantitative estimate of drug-likeness (QED) is 0.720. The largest absolute Gasteiger partial charge is 0.382 e. The highest BCUT2D eigenvalue weighted by molar-refractivity contribution is 5.93. The second-order valence-corrected chi connectivity index (χ2v) is 8.48. The van der Waals surface area contributed by atoms with Crippen LogP contribution in [0.1, 0.15) is 53.7 Å². The van der Waals surface area contributed by atoms with Crippen molar-refractivity contribution in [3.8, 4) is 0 Å². The van der Waals surface area contributed by atoms with E-state index < -0.39 is 0 Å². The highest BCUT2D eigenvalue weighted by Gasteiger charge is 2.30. The molecule has 0 fully saturated rings. The molecule has 0 unspecified atom stereocenters. The summed E-state index contributed by atoms with van der Waals surface area (Å²) in [6, 6.07) is -0.251. The van der Waals surface area contributed by atoms with E-state index in [1.807, 2.05) is 34.9 Å². The maximum Gasteiger partial charge on any atom is 0.319 e. The number of nitrogens with one attached hydrogen (secondary N) is 2. The van der Waals surface area contributed by atoms with Crippen molar-refractivity contribution < 1.29 is 4.79 Å². The number of anilines is 2. The third kappa shape index (κ3) is 5.40. The van der Waals surface area contributed by atoms with Gasteiger partial charge < -0.3 is 21.3 Å². The highest BCUT2D eigenvalue weighted by Crippen LogP contribution is 2.35. The molecule has 0 aromatic carbocycles. The average molecular weight is 339 g/mol. The normalized spacial score (nSPS) is 12.5. The smallest absolute Gasteiger partial charge is 0.319 e. The minimum Gasteiger partial charge on any atom is -0.382 e. The SMILES string of the molecule is CN(C)CCCNC(=O)Nc1c(C(C)(C)C)nn(C(C)(C)C)c1N. The summed E-state index contributed by atoms with van der Waals surface area (Å²) >= 11 is 0. The van der Waals surface area contributed by atoms with E-state index in [0.29, 0.717) is 18.1 Å². The molecule has 0 saturated carbocycles. The zero-order valence-electron chi connectivity index (χ0n) is 16.4. The lowest BCUT2D eigenvalue weighted by atomic mass is 9.91. The van der Waals surface area contributed by atoms with Gasteiger partial charge in [-0.05, 0) is 47.8 Å². The van der Waals surface area contributed by atoms with Crippen LogP contribution in [0.3, 0.4) is 0 Å². The lowest BCUT2D eigenvalue weighted by Crippen LogP contribution is -2.32. The molecule has 2 amide bonds. The van der Waals surface area contributed by atoms with Gasteiger partial charge in [-0.15, -0.1) is 0 Å². The number of hydrogen-bond acceptors (Lipinski definition) is 4. The molecule has 1 heterocycles. The number of hydrogen-bond donors (Lipinski definition) is 3. The molecule has 0 spiro atoms.